The highest BCUT2D eigenvalue weighted by atomic mass is 35.5. The minimum absolute atomic E-state index is 0.0159. The van der Waals surface area contributed by atoms with Gasteiger partial charge in [0.25, 0.3) is 7.12 Å². The molecule has 9 heteroatoms. The van der Waals surface area contributed by atoms with Crippen molar-refractivity contribution in [3.63, 3.8) is 0 Å². The van der Waals surface area contributed by atoms with Gasteiger partial charge in [-0.05, 0) is 30.7 Å². The fraction of sp³-hybridized carbons (Fsp3) is 0.125. The van der Waals surface area contributed by atoms with Crippen LogP contribution in [0.1, 0.15) is 18.5 Å². The van der Waals surface area contributed by atoms with Crippen LogP contribution in [0.5, 0.6) is 0 Å². The molecule has 2 aromatic carbocycles. The Morgan fingerprint density at radius 1 is 1.12 bits per heavy atom. The summed E-state index contributed by atoms with van der Waals surface area (Å²) in [4.78, 5) is 25.1. The second-order valence-corrected chi connectivity index (χ2v) is 7.35. The van der Waals surface area contributed by atoms with Gasteiger partial charge in [-0.1, -0.05) is 41.9 Å². The van der Waals surface area contributed by atoms with Gasteiger partial charge < -0.3 is 0 Å². The molecule has 3 aromatic rings. The maximum absolute atomic E-state index is 12.8. The number of hydrogen-bond donors (Lipinski definition) is 0. The van der Waals surface area contributed by atoms with Crippen LogP contribution in [0.4, 0.5) is 0 Å². The van der Waals surface area contributed by atoms with E-state index in [4.69, 9.17) is 18.7 Å². The number of nitrogens with zero attached hydrogens (tertiary/aromatic N) is 2. The summed E-state index contributed by atoms with van der Waals surface area (Å²) in [6.45, 7) is 1.33. The molecule has 0 aliphatic rings. The minimum Gasteiger partial charge on any atom is -0.297 e. The Bertz CT molecular complexity index is 1140. The van der Waals surface area contributed by atoms with Crippen molar-refractivity contribution in [1.82, 2.24) is 8.54 Å². The third-order valence-electron chi connectivity index (χ3n) is 3.81. The summed E-state index contributed by atoms with van der Waals surface area (Å²) in [5, 5.41) is 0.237. The molecule has 1 aromatic heterocycles. The first-order valence-electron chi connectivity index (χ1n) is 7.23. The zero-order valence-corrected chi connectivity index (χ0v) is 14.7. The average molecular weight is 375 g/mol. The van der Waals surface area contributed by atoms with Crippen molar-refractivity contribution in [3.05, 3.63) is 69.6 Å². The van der Waals surface area contributed by atoms with E-state index in [1.807, 2.05) is 0 Å². The largest absolute Gasteiger partial charge is 0.343 e. The number of halogens is 1. The molecule has 25 heavy (non-hydrogen) atoms. The van der Waals surface area contributed by atoms with E-state index in [-0.39, 0.29) is 21.8 Å². The maximum atomic E-state index is 12.8. The zero-order valence-electron chi connectivity index (χ0n) is 13.1. The minimum atomic E-state index is -4.38. The maximum Gasteiger partial charge on any atom is 0.343 e. The molecule has 0 saturated heterocycles. The first kappa shape index (κ1) is 17.5. The predicted octanol–water partition coefficient (Wildman–Crippen LogP) is 1.90. The van der Waals surface area contributed by atoms with Gasteiger partial charge in [-0.3, -0.25) is 9.36 Å². The Kier molecular flexibility index (Phi) is 4.34. The van der Waals surface area contributed by atoms with Crippen molar-refractivity contribution in [1.29, 1.82) is 0 Å². The lowest BCUT2D eigenvalue weighted by Crippen LogP contribution is -2.34. The van der Waals surface area contributed by atoms with Crippen molar-refractivity contribution in [3.8, 4) is 0 Å². The number of hydrogen-bond acceptors (Lipinski definition) is 4. The molecule has 6 nitrogen and oxygen atoms in total. The number of fused-ring (bicyclic) bond motifs is 1. The van der Waals surface area contributed by atoms with E-state index in [1.165, 1.54) is 25.1 Å². The van der Waals surface area contributed by atoms with E-state index in [9.17, 15) is 18.0 Å². The SMILES string of the molecule is [B]S(=O)(=O)n1c(=O)n(C(C(C)=O)c2ccccc2)c2ccc(Cl)cc21. The van der Waals surface area contributed by atoms with Crippen molar-refractivity contribution >= 4 is 45.4 Å². The number of benzene rings is 2. The lowest BCUT2D eigenvalue weighted by molar-refractivity contribution is -0.119. The van der Waals surface area contributed by atoms with Gasteiger partial charge in [-0.15, -0.1) is 0 Å². The average Bonchev–Trinajstić information content (AvgIpc) is 2.80. The summed E-state index contributed by atoms with van der Waals surface area (Å²) in [5.74, 6) is -0.322. The van der Waals surface area contributed by atoms with Crippen LogP contribution in [-0.4, -0.2) is 29.9 Å². The first-order valence-corrected chi connectivity index (χ1v) is 9.11. The lowest BCUT2D eigenvalue weighted by atomic mass is 10.0. The third kappa shape index (κ3) is 3.03. The van der Waals surface area contributed by atoms with E-state index >= 15 is 0 Å². The molecule has 0 N–H and O–H groups in total. The van der Waals surface area contributed by atoms with Crippen LogP contribution in [-0.2, 0) is 14.7 Å². The molecule has 0 amide bonds. The Morgan fingerprint density at radius 3 is 2.32 bits per heavy atom. The van der Waals surface area contributed by atoms with Gasteiger partial charge in [-0.25, -0.2) is 13.2 Å². The molecule has 2 radical (unpaired) electrons. The molecule has 0 saturated carbocycles. The Morgan fingerprint density at radius 2 is 1.76 bits per heavy atom. The third-order valence-corrected chi connectivity index (χ3v) is 4.91. The molecule has 0 spiro atoms. The molecule has 1 unspecified atom stereocenters. The fourth-order valence-corrected chi connectivity index (χ4v) is 3.76. The number of aromatic nitrogens is 2. The first-order chi connectivity index (χ1) is 11.7. The summed E-state index contributed by atoms with van der Waals surface area (Å²) >= 11 is 5.93. The van der Waals surface area contributed by atoms with Crippen LogP contribution in [0.2, 0.25) is 5.02 Å². The van der Waals surface area contributed by atoms with E-state index in [1.54, 1.807) is 30.3 Å². The van der Waals surface area contributed by atoms with Gasteiger partial charge in [0.15, 0.2) is 15.7 Å². The van der Waals surface area contributed by atoms with Gasteiger partial charge in [-0.2, -0.15) is 3.97 Å². The van der Waals surface area contributed by atoms with Crippen molar-refractivity contribution in [2.24, 2.45) is 0 Å². The lowest BCUT2D eigenvalue weighted by Gasteiger charge is -2.16. The second kappa shape index (κ2) is 6.20. The summed E-state index contributed by atoms with van der Waals surface area (Å²) < 4.78 is 25.4. The predicted molar refractivity (Wildman–Crippen MR) is 96.5 cm³/mol. The highest BCUT2D eigenvalue weighted by Crippen LogP contribution is 2.26. The van der Waals surface area contributed by atoms with Crippen molar-refractivity contribution in [2.75, 3.05) is 0 Å². The van der Waals surface area contributed by atoms with Crippen LogP contribution < -0.4 is 5.69 Å². The van der Waals surface area contributed by atoms with Crippen LogP contribution in [0, 0.1) is 0 Å². The molecule has 3 rings (SSSR count). The summed E-state index contributed by atoms with van der Waals surface area (Å²) in [7, 11) is 0.812. The number of Topliss-reactive ketones (excluding diaryl/α,β-unsaturated/α-hetero) is 1. The number of imidazole rings is 1. The van der Waals surface area contributed by atoms with Gasteiger partial charge in [0.05, 0.1) is 11.0 Å². The van der Waals surface area contributed by atoms with Crippen LogP contribution in [0.15, 0.2) is 53.3 Å². The van der Waals surface area contributed by atoms with Gasteiger partial charge in [0, 0.05) is 5.02 Å². The highest BCUT2D eigenvalue weighted by molar-refractivity contribution is 8.11. The molecule has 0 bridgehead atoms. The quantitative estimate of drug-likeness (QED) is 0.653. The van der Waals surface area contributed by atoms with E-state index in [0.29, 0.717) is 9.54 Å². The summed E-state index contributed by atoms with van der Waals surface area (Å²) in [5.41, 5.74) is -0.112. The number of ketones is 1. The van der Waals surface area contributed by atoms with Crippen LogP contribution in [0.3, 0.4) is 0 Å². The van der Waals surface area contributed by atoms with Gasteiger partial charge in [0.1, 0.15) is 6.04 Å². The Hall–Kier alpha value is -2.32. The highest BCUT2D eigenvalue weighted by Gasteiger charge is 2.28. The Labute approximate surface area is 150 Å². The molecular formula is C16H12BClN2O4S. The van der Waals surface area contributed by atoms with Crippen LogP contribution in [0.25, 0.3) is 11.0 Å². The van der Waals surface area contributed by atoms with E-state index in [2.05, 4.69) is 0 Å². The summed E-state index contributed by atoms with van der Waals surface area (Å²) in [6.07, 6.45) is 0. The number of carbonyl (C=O) groups is 1. The second-order valence-electron chi connectivity index (χ2n) is 5.52. The van der Waals surface area contributed by atoms with Crippen molar-refractivity contribution < 1.29 is 13.2 Å². The van der Waals surface area contributed by atoms with E-state index in [0.717, 1.165) is 4.57 Å². The number of rotatable bonds is 4. The smallest absolute Gasteiger partial charge is 0.297 e. The fourth-order valence-electron chi connectivity index (χ4n) is 2.86. The molecule has 126 valence electrons. The van der Waals surface area contributed by atoms with Gasteiger partial charge in [0.2, 0.25) is 0 Å². The monoisotopic (exact) mass is 374 g/mol. The van der Waals surface area contributed by atoms with Gasteiger partial charge >= 0.3 is 5.69 Å². The van der Waals surface area contributed by atoms with Crippen LogP contribution >= 0.6 is 11.6 Å². The summed E-state index contributed by atoms with van der Waals surface area (Å²) in [6, 6.07) is 11.9. The Balaban J connectivity index is 2.46. The zero-order chi connectivity index (χ0) is 18.4. The molecule has 0 aliphatic carbocycles. The molecular weight excluding hydrogens is 363 g/mol. The standard InChI is InChI=1S/C16H12BClN2O4S/c1-10(21)15(11-5-3-2-4-6-11)19-13-8-7-12(18)9-14(13)20(16(19)22)25(17,23)24/h2-9,15H,1H3. The van der Waals surface area contributed by atoms with Crippen molar-refractivity contribution in [2.45, 2.75) is 13.0 Å². The number of carbonyl (C=O) groups excluding carboxylic acids is 1. The topological polar surface area (TPSA) is 78.1 Å². The molecule has 0 aliphatic heterocycles. The normalized spacial score (nSPS) is 13.0. The van der Waals surface area contributed by atoms with E-state index < -0.39 is 21.6 Å². The molecule has 0 fully saturated rings. The molecule has 1 heterocycles. The molecule has 1 atom stereocenters.